The van der Waals surface area contributed by atoms with Gasteiger partial charge in [-0.3, -0.25) is 4.90 Å². The van der Waals surface area contributed by atoms with Crippen LogP contribution in [0.15, 0.2) is 60.7 Å². The minimum absolute atomic E-state index is 0.0381. The van der Waals surface area contributed by atoms with Crippen molar-refractivity contribution in [3.63, 3.8) is 0 Å². The van der Waals surface area contributed by atoms with Gasteiger partial charge in [0.1, 0.15) is 5.60 Å². The van der Waals surface area contributed by atoms with Crippen molar-refractivity contribution in [2.75, 3.05) is 26.3 Å². The first kappa shape index (κ1) is 31.3. The summed E-state index contributed by atoms with van der Waals surface area (Å²) in [5, 5.41) is 38.2. The number of nitrogens with one attached hydrogen (secondary N) is 2. The van der Waals surface area contributed by atoms with Gasteiger partial charge in [-0.15, -0.1) is 0 Å². The van der Waals surface area contributed by atoms with Crippen LogP contribution in [-0.4, -0.2) is 94.6 Å². The molecule has 0 aromatic heterocycles. The molecule has 0 bridgehead atoms. The zero-order chi connectivity index (χ0) is 29.1. The van der Waals surface area contributed by atoms with E-state index in [1.54, 1.807) is 20.8 Å². The van der Waals surface area contributed by atoms with Crippen molar-refractivity contribution in [2.24, 2.45) is 0 Å². The molecule has 40 heavy (non-hydrogen) atoms. The highest BCUT2D eigenvalue weighted by Crippen LogP contribution is 2.21. The van der Waals surface area contributed by atoms with Gasteiger partial charge in [-0.1, -0.05) is 60.7 Å². The van der Waals surface area contributed by atoms with Gasteiger partial charge in [0.05, 0.1) is 36.9 Å². The smallest absolute Gasteiger partial charge is 0.407 e. The molecule has 10 nitrogen and oxygen atoms in total. The Morgan fingerprint density at radius 1 is 0.975 bits per heavy atom. The lowest BCUT2D eigenvalue weighted by atomic mass is 9.97. The summed E-state index contributed by atoms with van der Waals surface area (Å²) in [6.45, 7) is 6.15. The van der Waals surface area contributed by atoms with Crippen molar-refractivity contribution >= 4 is 12.2 Å². The molecule has 1 aliphatic heterocycles. The summed E-state index contributed by atoms with van der Waals surface area (Å²) in [4.78, 5) is 26.1. The molecule has 3 rings (SSSR count). The molecule has 5 atom stereocenters. The molecule has 2 aromatic rings. The average molecular weight is 558 g/mol. The van der Waals surface area contributed by atoms with Crippen molar-refractivity contribution in [2.45, 2.75) is 76.0 Å². The van der Waals surface area contributed by atoms with E-state index in [0.717, 1.165) is 11.1 Å². The lowest BCUT2D eigenvalue weighted by Crippen LogP contribution is -2.56. The van der Waals surface area contributed by atoms with Crippen LogP contribution in [0.4, 0.5) is 9.59 Å². The maximum atomic E-state index is 12.5. The maximum Gasteiger partial charge on any atom is 0.407 e. The van der Waals surface area contributed by atoms with Crippen molar-refractivity contribution in [3.8, 4) is 0 Å². The van der Waals surface area contributed by atoms with Gasteiger partial charge in [-0.25, -0.2) is 9.59 Å². The second kappa shape index (κ2) is 15.0. The molecule has 1 heterocycles. The normalized spacial score (nSPS) is 18.4. The number of carbonyl (C=O) groups excluding carboxylic acids is 1. The first-order chi connectivity index (χ1) is 19.0. The maximum absolute atomic E-state index is 12.5. The number of benzene rings is 2. The quantitative estimate of drug-likeness (QED) is 0.253. The van der Waals surface area contributed by atoms with Crippen LogP contribution in [0.1, 0.15) is 38.3 Å². The average Bonchev–Trinajstić information content (AvgIpc) is 3.42. The van der Waals surface area contributed by atoms with Crippen LogP contribution in [0.2, 0.25) is 0 Å². The highest BCUT2D eigenvalue weighted by molar-refractivity contribution is 5.68. The van der Waals surface area contributed by atoms with Gasteiger partial charge in [-0.05, 0) is 51.2 Å². The summed E-state index contributed by atoms with van der Waals surface area (Å²) in [5.41, 5.74) is 1.14. The molecule has 5 N–H and O–H groups in total. The van der Waals surface area contributed by atoms with Gasteiger partial charge < -0.3 is 35.4 Å². The lowest BCUT2D eigenvalue weighted by Gasteiger charge is -2.37. The minimum atomic E-state index is -1.11. The van der Waals surface area contributed by atoms with E-state index in [1.165, 1.54) is 4.90 Å². The van der Waals surface area contributed by atoms with Gasteiger partial charge >= 0.3 is 12.2 Å². The second-order valence-corrected chi connectivity index (χ2v) is 11.2. The van der Waals surface area contributed by atoms with Crippen molar-refractivity contribution in [3.05, 3.63) is 71.8 Å². The standard InChI is InChI=1S/C30H43N3O7/c1-30(2,3)40-28(36)32-24(16-21-10-6-4-7-11-21)26(34)18-31-19-27(35)25(17-22-12-8-5-9-13-22)33(29(37)38)23-14-15-39-20-23/h4-13,23-27,31,34-35H,14-20H2,1-3H3,(H,32,36)(H,37,38)/t23?,24-,25-,26+,27+/m0/s1. The number of nitrogens with zero attached hydrogens (tertiary/aromatic N) is 1. The third kappa shape index (κ3) is 10.1. The first-order valence-electron chi connectivity index (χ1n) is 13.8. The van der Waals surface area contributed by atoms with Crippen LogP contribution in [-0.2, 0) is 22.3 Å². The molecule has 1 fully saturated rings. The summed E-state index contributed by atoms with van der Waals surface area (Å²) in [6, 6.07) is 17.2. The Kier molecular flexibility index (Phi) is 11.8. The topological polar surface area (TPSA) is 141 Å². The van der Waals surface area contributed by atoms with E-state index in [0.29, 0.717) is 25.9 Å². The number of amides is 2. The van der Waals surface area contributed by atoms with Crippen LogP contribution in [0, 0.1) is 0 Å². The molecule has 0 aliphatic carbocycles. The molecule has 10 heteroatoms. The van der Waals surface area contributed by atoms with E-state index in [1.807, 2.05) is 60.7 Å². The Morgan fingerprint density at radius 3 is 2.08 bits per heavy atom. The largest absolute Gasteiger partial charge is 0.465 e. The molecule has 220 valence electrons. The Labute approximate surface area is 236 Å². The lowest BCUT2D eigenvalue weighted by molar-refractivity contribution is 0.0219. The van der Waals surface area contributed by atoms with Gasteiger partial charge in [0.25, 0.3) is 0 Å². The fourth-order valence-electron chi connectivity index (χ4n) is 4.85. The molecule has 0 radical (unpaired) electrons. The number of carboxylic acid groups (broad SMARTS) is 1. The minimum Gasteiger partial charge on any atom is -0.465 e. The molecule has 1 unspecified atom stereocenters. The van der Waals surface area contributed by atoms with Crippen LogP contribution in [0.5, 0.6) is 0 Å². The van der Waals surface area contributed by atoms with Crippen LogP contribution >= 0.6 is 0 Å². The third-order valence-electron chi connectivity index (χ3n) is 6.78. The van der Waals surface area contributed by atoms with Gasteiger partial charge in [0, 0.05) is 19.7 Å². The predicted octanol–water partition coefficient (Wildman–Crippen LogP) is 2.81. The van der Waals surface area contributed by atoms with Gasteiger partial charge in [-0.2, -0.15) is 0 Å². The highest BCUT2D eigenvalue weighted by atomic mass is 16.6. The van der Waals surface area contributed by atoms with Crippen molar-refractivity contribution in [1.29, 1.82) is 0 Å². The number of aliphatic hydroxyl groups is 2. The van der Waals surface area contributed by atoms with E-state index < -0.39 is 42.1 Å². The number of ether oxygens (including phenoxy) is 2. The third-order valence-corrected chi connectivity index (χ3v) is 6.78. The predicted molar refractivity (Wildman–Crippen MR) is 151 cm³/mol. The van der Waals surface area contributed by atoms with Crippen molar-refractivity contribution < 1.29 is 34.4 Å². The van der Waals surface area contributed by atoms with Crippen LogP contribution in [0.3, 0.4) is 0 Å². The molecule has 1 saturated heterocycles. The number of alkyl carbamates (subject to hydrolysis) is 1. The van der Waals surface area contributed by atoms with E-state index >= 15 is 0 Å². The number of rotatable bonds is 13. The molecule has 1 aliphatic rings. The number of aliphatic hydroxyl groups excluding tert-OH is 2. The summed E-state index contributed by atoms with van der Waals surface area (Å²) < 4.78 is 10.8. The summed E-state index contributed by atoms with van der Waals surface area (Å²) in [7, 11) is 0. The fraction of sp³-hybridized carbons (Fsp3) is 0.533. The first-order valence-corrected chi connectivity index (χ1v) is 13.8. The fourth-order valence-corrected chi connectivity index (χ4v) is 4.85. The van der Waals surface area contributed by atoms with E-state index in [4.69, 9.17) is 9.47 Å². The molecule has 0 spiro atoms. The molecular formula is C30H43N3O7. The molecule has 2 amide bonds. The Balaban J connectivity index is 1.67. The van der Waals surface area contributed by atoms with Gasteiger partial charge in [0.15, 0.2) is 0 Å². The molecule has 0 saturated carbocycles. The monoisotopic (exact) mass is 557 g/mol. The Morgan fingerprint density at radius 2 is 1.55 bits per heavy atom. The number of hydrogen-bond acceptors (Lipinski definition) is 7. The van der Waals surface area contributed by atoms with E-state index in [9.17, 15) is 24.9 Å². The molecular weight excluding hydrogens is 514 g/mol. The summed E-state index contributed by atoms with van der Waals surface area (Å²) in [5.74, 6) is 0. The number of carbonyl (C=O) groups is 2. The summed E-state index contributed by atoms with van der Waals surface area (Å²) in [6.07, 6.45) is -2.55. The Hall–Kier alpha value is -3.18. The SMILES string of the molecule is CC(C)(C)OC(=O)N[C@@H](Cc1ccccc1)[C@H](O)CNC[C@@H](O)[C@H](Cc1ccccc1)N(C(=O)O)C1CCOC1. The summed E-state index contributed by atoms with van der Waals surface area (Å²) >= 11 is 0. The van der Waals surface area contributed by atoms with Crippen LogP contribution < -0.4 is 10.6 Å². The second-order valence-electron chi connectivity index (χ2n) is 11.2. The van der Waals surface area contributed by atoms with E-state index in [-0.39, 0.29) is 25.7 Å². The van der Waals surface area contributed by atoms with E-state index in [2.05, 4.69) is 10.6 Å². The zero-order valence-electron chi connectivity index (χ0n) is 23.5. The zero-order valence-corrected chi connectivity index (χ0v) is 23.5. The number of hydrogen-bond donors (Lipinski definition) is 5. The molecule has 2 aromatic carbocycles. The Bertz CT molecular complexity index is 1040. The van der Waals surface area contributed by atoms with Crippen molar-refractivity contribution in [1.82, 2.24) is 15.5 Å². The van der Waals surface area contributed by atoms with Crippen LogP contribution in [0.25, 0.3) is 0 Å². The van der Waals surface area contributed by atoms with Gasteiger partial charge in [0.2, 0.25) is 0 Å². The highest BCUT2D eigenvalue weighted by Gasteiger charge is 2.37.